The first-order valence-electron chi connectivity index (χ1n) is 8.39. The zero-order chi connectivity index (χ0) is 13.8. The van der Waals surface area contributed by atoms with Crippen LogP contribution in [0.3, 0.4) is 0 Å². The Morgan fingerprint density at radius 2 is 2.00 bits per heavy atom. The Morgan fingerprint density at radius 3 is 2.80 bits per heavy atom. The summed E-state index contributed by atoms with van der Waals surface area (Å²) in [5, 5.41) is 3.65. The van der Waals surface area contributed by atoms with Crippen molar-refractivity contribution in [2.75, 3.05) is 19.6 Å². The van der Waals surface area contributed by atoms with Crippen LogP contribution in [0.25, 0.3) is 0 Å². The topological polar surface area (TPSA) is 15.3 Å². The van der Waals surface area contributed by atoms with Crippen LogP contribution < -0.4 is 5.32 Å². The SMILES string of the molecule is CCNC1CCCC(N2CCC(c3ccccc3)C2)C1. The molecule has 1 aromatic carbocycles. The first-order valence-corrected chi connectivity index (χ1v) is 8.39. The van der Waals surface area contributed by atoms with Gasteiger partial charge in [0.05, 0.1) is 0 Å². The number of nitrogens with one attached hydrogen (secondary N) is 1. The van der Waals surface area contributed by atoms with E-state index in [1.54, 1.807) is 0 Å². The summed E-state index contributed by atoms with van der Waals surface area (Å²) in [4.78, 5) is 2.77. The van der Waals surface area contributed by atoms with Crippen molar-refractivity contribution in [1.29, 1.82) is 0 Å². The van der Waals surface area contributed by atoms with Gasteiger partial charge in [0.15, 0.2) is 0 Å². The highest BCUT2D eigenvalue weighted by atomic mass is 15.2. The van der Waals surface area contributed by atoms with Crippen molar-refractivity contribution in [2.45, 2.75) is 57.0 Å². The fraction of sp³-hybridized carbons (Fsp3) is 0.667. The Labute approximate surface area is 123 Å². The minimum absolute atomic E-state index is 0.759. The molecule has 1 aliphatic carbocycles. The molecule has 0 spiro atoms. The predicted molar refractivity (Wildman–Crippen MR) is 85.1 cm³/mol. The van der Waals surface area contributed by atoms with Crippen LogP contribution in [-0.4, -0.2) is 36.6 Å². The monoisotopic (exact) mass is 272 g/mol. The van der Waals surface area contributed by atoms with Crippen molar-refractivity contribution in [1.82, 2.24) is 10.2 Å². The van der Waals surface area contributed by atoms with Crippen molar-refractivity contribution in [3.05, 3.63) is 35.9 Å². The number of nitrogens with zero attached hydrogens (tertiary/aromatic N) is 1. The summed E-state index contributed by atoms with van der Waals surface area (Å²) in [6, 6.07) is 12.7. The summed E-state index contributed by atoms with van der Waals surface area (Å²) in [6.45, 7) is 5.91. The van der Waals surface area contributed by atoms with Crippen LogP contribution in [0.2, 0.25) is 0 Å². The molecule has 1 heterocycles. The van der Waals surface area contributed by atoms with Gasteiger partial charge in [-0.15, -0.1) is 0 Å². The third-order valence-electron chi connectivity index (χ3n) is 5.15. The Balaban J connectivity index is 1.57. The molecule has 20 heavy (non-hydrogen) atoms. The maximum absolute atomic E-state index is 3.65. The van der Waals surface area contributed by atoms with Crippen LogP contribution in [-0.2, 0) is 0 Å². The van der Waals surface area contributed by atoms with Gasteiger partial charge in [0.2, 0.25) is 0 Å². The van der Waals surface area contributed by atoms with Crippen LogP contribution in [0, 0.1) is 0 Å². The van der Waals surface area contributed by atoms with E-state index in [1.165, 1.54) is 50.8 Å². The third kappa shape index (κ3) is 3.24. The van der Waals surface area contributed by atoms with E-state index in [0.717, 1.165) is 24.5 Å². The van der Waals surface area contributed by atoms with Crippen LogP contribution >= 0.6 is 0 Å². The van der Waals surface area contributed by atoms with Crippen molar-refractivity contribution in [2.24, 2.45) is 0 Å². The molecule has 1 aliphatic heterocycles. The maximum atomic E-state index is 3.65. The second kappa shape index (κ2) is 6.73. The number of hydrogen-bond donors (Lipinski definition) is 1. The Hall–Kier alpha value is -0.860. The van der Waals surface area contributed by atoms with E-state index in [0.29, 0.717) is 0 Å². The van der Waals surface area contributed by atoms with Gasteiger partial charge in [-0.3, -0.25) is 4.90 Å². The second-order valence-electron chi connectivity index (χ2n) is 6.47. The van der Waals surface area contributed by atoms with Gasteiger partial charge in [-0.2, -0.15) is 0 Å². The molecule has 1 N–H and O–H groups in total. The molecule has 1 saturated carbocycles. The molecule has 2 fully saturated rings. The molecule has 3 atom stereocenters. The van der Waals surface area contributed by atoms with E-state index in [-0.39, 0.29) is 0 Å². The van der Waals surface area contributed by atoms with Gasteiger partial charge >= 0.3 is 0 Å². The fourth-order valence-corrected chi connectivity index (χ4v) is 4.09. The number of hydrogen-bond acceptors (Lipinski definition) is 2. The Kier molecular flexibility index (Phi) is 4.74. The van der Waals surface area contributed by atoms with E-state index in [9.17, 15) is 0 Å². The zero-order valence-corrected chi connectivity index (χ0v) is 12.7. The van der Waals surface area contributed by atoms with E-state index < -0.39 is 0 Å². The molecule has 110 valence electrons. The van der Waals surface area contributed by atoms with Gasteiger partial charge in [0, 0.05) is 18.6 Å². The molecular weight excluding hydrogens is 244 g/mol. The van der Waals surface area contributed by atoms with Gasteiger partial charge in [0.1, 0.15) is 0 Å². The number of benzene rings is 1. The van der Waals surface area contributed by atoms with Gasteiger partial charge in [-0.05, 0) is 50.3 Å². The molecule has 2 heteroatoms. The number of rotatable bonds is 4. The molecule has 0 radical (unpaired) electrons. The van der Waals surface area contributed by atoms with Gasteiger partial charge < -0.3 is 5.32 Å². The van der Waals surface area contributed by atoms with Crippen LogP contribution in [0.4, 0.5) is 0 Å². The van der Waals surface area contributed by atoms with Gasteiger partial charge in [-0.25, -0.2) is 0 Å². The van der Waals surface area contributed by atoms with Gasteiger partial charge in [-0.1, -0.05) is 43.7 Å². The molecule has 2 aliphatic rings. The highest BCUT2D eigenvalue weighted by molar-refractivity contribution is 5.21. The maximum Gasteiger partial charge on any atom is 0.0110 e. The summed E-state index contributed by atoms with van der Waals surface area (Å²) >= 11 is 0. The molecule has 1 aromatic rings. The summed E-state index contributed by atoms with van der Waals surface area (Å²) in [5.74, 6) is 0.760. The van der Waals surface area contributed by atoms with Crippen molar-refractivity contribution in [3.63, 3.8) is 0 Å². The smallest absolute Gasteiger partial charge is 0.0110 e. The molecule has 0 bridgehead atoms. The number of likely N-dealkylation sites (tertiary alicyclic amines) is 1. The largest absolute Gasteiger partial charge is 0.314 e. The molecule has 3 unspecified atom stereocenters. The first-order chi connectivity index (χ1) is 9.86. The normalized spacial score (nSPS) is 31.6. The summed E-state index contributed by atoms with van der Waals surface area (Å²) < 4.78 is 0. The van der Waals surface area contributed by atoms with Gasteiger partial charge in [0.25, 0.3) is 0 Å². The Morgan fingerprint density at radius 1 is 1.15 bits per heavy atom. The summed E-state index contributed by atoms with van der Waals surface area (Å²) in [5.41, 5.74) is 1.54. The lowest BCUT2D eigenvalue weighted by Crippen LogP contribution is -2.43. The minimum atomic E-state index is 0.759. The summed E-state index contributed by atoms with van der Waals surface area (Å²) in [7, 11) is 0. The average molecular weight is 272 g/mol. The van der Waals surface area contributed by atoms with E-state index >= 15 is 0 Å². The standard InChI is InChI=1S/C18H28N2/c1-2-19-17-9-6-10-18(13-17)20-12-11-16(14-20)15-7-4-3-5-8-15/h3-5,7-8,16-19H,2,6,9-14H2,1H3. The minimum Gasteiger partial charge on any atom is -0.314 e. The molecular formula is C18H28N2. The molecule has 0 amide bonds. The lowest BCUT2D eigenvalue weighted by atomic mass is 9.90. The lowest BCUT2D eigenvalue weighted by molar-refractivity contribution is 0.167. The van der Waals surface area contributed by atoms with Crippen LogP contribution in [0.5, 0.6) is 0 Å². The van der Waals surface area contributed by atoms with Crippen molar-refractivity contribution in [3.8, 4) is 0 Å². The van der Waals surface area contributed by atoms with E-state index in [4.69, 9.17) is 0 Å². The molecule has 1 saturated heterocycles. The quantitative estimate of drug-likeness (QED) is 0.904. The zero-order valence-electron chi connectivity index (χ0n) is 12.7. The molecule has 0 aromatic heterocycles. The second-order valence-corrected chi connectivity index (χ2v) is 6.47. The Bertz CT molecular complexity index is 401. The fourth-order valence-electron chi connectivity index (χ4n) is 4.09. The van der Waals surface area contributed by atoms with E-state index in [1.807, 2.05) is 0 Å². The molecule has 2 nitrogen and oxygen atoms in total. The third-order valence-corrected chi connectivity index (χ3v) is 5.15. The highest BCUT2D eigenvalue weighted by Crippen LogP contribution is 2.32. The van der Waals surface area contributed by atoms with Crippen molar-refractivity contribution >= 4 is 0 Å². The lowest BCUT2D eigenvalue weighted by Gasteiger charge is -2.35. The predicted octanol–water partition coefficient (Wildman–Crippen LogP) is 3.40. The molecule has 3 rings (SSSR count). The first kappa shape index (κ1) is 14.1. The highest BCUT2D eigenvalue weighted by Gasteiger charge is 2.32. The van der Waals surface area contributed by atoms with Crippen LogP contribution in [0.15, 0.2) is 30.3 Å². The van der Waals surface area contributed by atoms with E-state index in [2.05, 4.69) is 47.5 Å². The summed E-state index contributed by atoms with van der Waals surface area (Å²) in [6.07, 6.45) is 6.88. The van der Waals surface area contributed by atoms with Crippen LogP contribution in [0.1, 0.15) is 50.5 Å². The van der Waals surface area contributed by atoms with Crippen molar-refractivity contribution < 1.29 is 0 Å². The average Bonchev–Trinajstić information content (AvgIpc) is 2.99.